The van der Waals surface area contributed by atoms with Crippen LogP contribution in [0.15, 0.2) is 30.3 Å². The van der Waals surface area contributed by atoms with Crippen molar-refractivity contribution in [3.63, 3.8) is 0 Å². The van der Waals surface area contributed by atoms with Gasteiger partial charge in [0, 0.05) is 12.8 Å². The SMILES string of the molecule is CC(C)(C)OC(=O)C[C@H]1CCC[C@@H](CC(=O)OCc2ccccc2)C1. The van der Waals surface area contributed by atoms with Crippen LogP contribution in [-0.4, -0.2) is 17.5 Å². The monoisotopic (exact) mass is 346 g/mol. The van der Waals surface area contributed by atoms with E-state index in [0.717, 1.165) is 31.2 Å². The summed E-state index contributed by atoms with van der Waals surface area (Å²) >= 11 is 0. The smallest absolute Gasteiger partial charge is 0.306 e. The maximum atomic E-state index is 12.1. The fourth-order valence-electron chi connectivity index (χ4n) is 3.42. The van der Waals surface area contributed by atoms with Gasteiger partial charge in [-0.25, -0.2) is 0 Å². The molecule has 2 atom stereocenters. The highest BCUT2D eigenvalue weighted by atomic mass is 16.6. The first kappa shape index (κ1) is 19.5. The normalized spacial score (nSPS) is 20.8. The molecular formula is C21H30O4. The van der Waals surface area contributed by atoms with Crippen molar-refractivity contribution < 1.29 is 19.1 Å². The molecule has 1 aromatic rings. The predicted molar refractivity (Wildman–Crippen MR) is 96.8 cm³/mol. The average Bonchev–Trinajstić information content (AvgIpc) is 2.52. The zero-order valence-electron chi connectivity index (χ0n) is 15.6. The number of hydrogen-bond donors (Lipinski definition) is 0. The lowest BCUT2D eigenvalue weighted by atomic mass is 9.78. The average molecular weight is 346 g/mol. The van der Waals surface area contributed by atoms with Crippen LogP contribution in [0, 0.1) is 11.8 Å². The van der Waals surface area contributed by atoms with Crippen molar-refractivity contribution in [2.75, 3.05) is 0 Å². The maximum absolute atomic E-state index is 12.1. The van der Waals surface area contributed by atoms with Gasteiger partial charge in [0.05, 0.1) is 0 Å². The van der Waals surface area contributed by atoms with Crippen molar-refractivity contribution >= 4 is 11.9 Å². The highest BCUT2D eigenvalue weighted by molar-refractivity contribution is 5.70. The third kappa shape index (κ3) is 7.72. The number of benzene rings is 1. The molecule has 1 aliphatic carbocycles. The second-order valence-corrected chi connectivity index (χ2v) is 8.04. The molecule has 0 aliphatic heterocycles. The summed E-state index contributed by atoms with van der Waals surface area (Å²) in [5, 5.41) is 0. The quantitative estimate of drug-likeness (QED) is 0.703. The van der Waals surface area contributed by atoms with Gasteiger partial charge in [0.25, 0.3) is 0 Å². The van der Waals surface area contributed by atoms with E-state index in [1.807, 2.05) is 51.1 Å². The fraction of sp³-hybridized carbons (Fsp3) is 0.619. The van der Waals surface area contributed by atoms with Crippen LogP contribution in [0.2, 0.25) is 0 Å². The molecule has 1 fully saturated rings. The Bertz CT molecular complexity index is 559. The van der Waals surface area contributed by atoms with E-state index in [1.165, 1.54) is 0 Å². The van der Waals surface area contributed by atoms with E-state index in [4.69, 9.17) is 9.47 Å². The predicted octanol–water partition coefficient (Wildman–Crippen LogP) is 4.66. The Morgan fingerprint density at radius 1 is 1.00 bits per heavy atom. The standard InChI is InChI=1S/C21H30O4/c1-21(2,3)25-20(23)14-18-11-7-10-17(12-18)13-19(22)24-15-16-8-5-4-6-9-16/h4-6,8-9,17-18H,7,10-15H2,1-3H3/t17-,18+/m1/s1. The van der Waals surface area contributed by atoms with E-state index in [1.54, 1.807) is 0 Å². The van der Waals surface area contributed by atoms with Crippen molar-refractivity contribution in [2.24, 2.45) is 11.8 Å². The van der Waals surface area contributed by atoms with Crippen molar-refractivity contribution in [1.29, 1.82) is 0 Å². The van der Waals surface area contributed by atoms with E-state index in [-0.39, 0.29) is 11.9 Å². The number of hydrogen-bond acceptors (Lipinski definition) is 4. The lowest BCUT2D eigenvalue weighted by molar-refractivity contribution is -0.156. The van der Waals surface area contributed by atoms with Crippen molar-refractivity contribution in [2.45, 2.75) is 71.5 Å². The number of ether oxygens (including phenoxy) is 2. The molecule has 0 radical (unpaired) electrons. The molecule has 0 bridgehead atoms. The van der Waals surface area contributed by atoms with E-state index in [0.29, 0.717) is 31.3 Å². The van der Waals surface area contributed by atoms with Crippen molar-refractivity contribution in [3.8, 4) is 0 Å². The van der Waals surface area contributed by atoms with Crippen LogP contribution in [0.25, 0.3) is 0 Å². The summed E-state index contributed by atoms with van der Waals surface area (Å²) in [6, 6.07) is 9.71. The van der Waals surface area contributed by atoms with Crippen LogP contribution in [-0.2, 0) is 25.7 Å². The number of carbonyl (C=O) groups excluding carboxylic acids is 2. The van der Waals surface area contributed by atoms with E-state index >= 15 is 0 Å². The second kappa shape index (κ2) is 9.02. The molecule has 25 heavy (non-hydrogen) atoms. The molecule has 0 N–H and O–H groups in total. The largest absolute Gasteiger partial charge is 0.461 e. The van der Waals surface area contributed by atoms with Crippen molar-refractivity contribution in [1.82, 2.24) is 0 Å². The Morgan fingerprint density at radius 3 is 2.20 bits per heavy atom. The summed E-state index contributed by atoms with van der Waals surface area (Å²) in [7, 11) is 0. The molecule has 4 heteroatoms. The first-order chi connectivity index (χ1) is 11.8. The van der Waals surface area contributed by atoms with Crippen LogP contribution in [0.4, 0.5) is 0 Å². The first-order valence-corrected chi connectivity index (χ1v) is 9.23. The molecular weight excluding hydrogens is 316 g/mol. The minimum atomic E-state index is -0.438. The zero-order chi connectivity index (χ0) is 18.3. The van der Waals surface area contributed by atoms with Crippen LogP contribution in [0.1, 0.15) is 64.9 Å². The highest BCUT2D eigenvalue weighted by Crippen LogP contribution is 2.33. The van der Waals surface area contributed by atoms with Crippen LogP contribution in [0.5, 0.6) is 0 Å². The summed E-state index contributed by atoms with van der Waals surface area (Å²) in [5.74, 6) is 0.344. The second-order valence-electron chi connectivity index (χ2n) is 8.04. The molecule has 0 spiro atoms. The highest BCUT2D eigenvalue weighted by Gasteiger charge is 2.27. The number of carbonyl (C=O) groups is 2. The van der Waals surface area contributed by atoms with Crippen molar-refractivity contribution in [3.05, 3.63) is 35.9 Å². The molecule has 0 saturated heterocycles. The lowest BCUT2D eigenvalue weighted by Crippen LogP contribution is -2.27. The maximum Gasteiger partial charge on any atom is 0.306 e. The first-order valence-electron chi connectivity index (χ1n) is 9.23. The van der Waals surface area contributed by atoms with E-state index in [2.05, 4.69) is 0 Å². The van der Waals surface area contributed by atoms with Gasteiger partial charge in [-0.05, 0) is 57.4 Å². The lowest BCUT2D eigenvalue weighted by Gasteiger charge is -2.29. The zero-order valence-corrected chi connectivity index (χ0v) is 15.6. The summed E-state index contributed by atoms with van der Waals surface area (Å²) in [4.78, 5) is 24.1. The molecule has 138 valence electrons. The summed E-state index contributed by atoms with van der Waals surface area (Å²) in [5.41, 5.74) is 0.564. The third-order valence-corrected chi connectivity index (χ3v) is 4.46. The molecule has 1 saturated carbocycles. The van der Waals surface area contributed by atoms with Crippen LogP contribution >= 0.6 is 0 Å². The molecule has 1 aliphatic rings. The Kier molecular flexibility index (Phi) is 7.03. The molecule has 4 nitrogen and oxygen atoms in total. The molecule has 2 rings (SSSR count). The van der Waals surface area contributed by atoms with Gasteiger partial charge in [0.15, 0.2) is 0 Å². The Morgan fingerprint density at radius 2 is 1.60 bits per heavy atom. The fourth-order valence-corrected chi connectivity index (χ4v) is 3.42. The van der Waals surface area contributed by atoms with Gasteiger partial charge in [-0.3, -0.25) is 9.59 Å². The summed E-state index contributed by atoms with van der Waals surface area (Å²) < 4.78 is 10.8. The number of esters is 2. The minimum Gasteiger partial charge on any atom is -0.461 e. The van der Waals surface area contributed by atoms with Gasteiger partial charge in [0.1, 0.15) is 12.2 Å². The minimum absolute atomic E-state index is 0.134. The molecule has 0 amide bonds. The molecule has 0 heterocycles. The van der Waals surface area contributed by atoms with Gasteiger partial charge in [0.2, 0.25) is 0 Å². The van der Waals surface area contributed by atoms with Crippen LogP contribution < -0.4 is 0 Å². The van der Waals surface area contributed by atoms with Gasteiger partial charge in [-0.2, -0.15) is 0 Å². The molecule has 1 aromatic carbocycles. The molecule has 0 unspecified atom stereocenters. The summed E-state index contributed by atoms with van der Waals surface area (Å²) in [6.45, 7) is 5.99. The Balaban J connectivity index is 1.73. The summed E-state index contributed by atoms with van der Waals surface area (Å²) in [6.07, 6.45) is 4.92. The van der Waals surface area contributed by atoms with Gasteiger partial charge in [-0.1, -0.05) is 36.8 Å². The Labute approximate surface area is 150 Å². The van der Waals surface area contributed by atoms with Gasteiger partial charge in [-0.15, -0.1) is 0 Å². The van der Waals surface area contributed by atoms with Gasteiger partial charge >= 0.3 is 11.9 Å². The van der Waals surface area contributed by atoms with Crippen LogP contribution in [0.3, 0.4) is 0 Å². The number of rotatable bonds is 6. The Hall–Kier alpha value is -1.84. The molecule has 0 aromatic heterocycles. The van der Waals surface area contributed by atoms with Gasteiger partial charge < -0.3 is 9.47 Å². The topological polar surface area (TPSA) is 52.6 Å². The van der Waals surface area contributed by atoms with E-state index < -0.39 is 5.60 Å². The third-order valence-electron chi connectivity index (χ3n) is 4.46. The van der Waals surface area contributed by atoms with E-state index in [9.17, 15) is 9.59 Å².